The van der Waals surface area contributed by atoms with Crippen LogP contribution in [0.25, 0.3) is 0 Å². The highest BCUT2D eigenvalue weighted by Crippen LogP contribution is 2.17. The van der Waals surface area contributed by atoms with E-state index in [1.807, 2.05) is 17.8 Å². The van der Waals surface area contributed by atoms with Gasteiger partial charge in [0.1, 0.15) is 0 Å². The highest BCUT2D eigenvalue weighted by Gasteiger charge is 2.05. The normalized spacial score (nSPS) is 11.3. The van der Waals surface area contributed by atoms with Gasteiger partial charge in [0.15, 0.2) is 5.16 Å². The number of halogens is 1. The van der Waals surface area contributed by atoms with Crippen LogP contribution in [0.3, 0.4) is 0 Å². The van der Waals surface area contributed by atoms with Crippen LogP contribution >= 0.6 is 23.4 Å². The van der Waals surface area contributed by atoms with Crippen molar-refractivity contribution in [3.8, 4) is 0 Å². The Labute approximate surface area is 107 Å². The Morgan fingerprint density at radius 2 is 2.31 bits per heavy atom. The topological polar surface area (TPSA) is 27.1 Å². The molecule has 0 fully saturated rings. The number of ether oxygens (including phenoxy) is 1. The fourth-order valence-corrected chi connectivity index (χ4v) is 2.27. The second kappa shape index (κ2) is 7.20. The highest BCUT2D eigenvalue weighted by molar-refractivity contribution is 7.99. The zero-order valence-electron chi connectivity index (χ0n) is 10.1. The summed E-state index contributed by atoms with van der Waals surface area (Å²) in [5.74, 6) is 2.04. The van der Waals surface area contributed by atoms with E-state index < -0.39 is 0 Å². The van der Waals surface area contributed by atoms with Gasteiger partial charge in [0.05, 0.1) is 24.4 Å². The average Bonchev–Trinajstić information content (AvgIpc) is 2.59. The number of hydrogen-bond acceptors (Lipinski definition) is 3. The lowest BCUT2D eigenvalue weighted by Crippen LogP contribution is -2.05. The monoisotopic (exact) mass is 262 g/mol. The van der Waals surface area contributed by atoms with Crippen LogP contribution in [0.5, 0.6) is 0 Å². The lowest BCUT2D eigenvalue weighted by atomic mass is 10.2. The summed E-state index contributed by atoms with van der Waals surface area (Å²) in [5, 5.41) is 1.00. The highest BCUT2D eigenvalue weighted by atomic mass is 35.5. The maximum Gasteiger partial charge on any atom is 0.168 e. The van der Waals surface area contributed by atoms with E-state index in [4.69, 9.17) is 16.3 Å². The van der Waals surface area contributed by atoms with Crippen molar-refractivity contribution in [3.63, 3.8) is 0 Å². The molecule has 0 saturated carbocycles. The molecule has 1 aromatic heterocycles. The number of aromatic nitrogens is 2. The summed E-state index contributed by atoms with van der Waals surface area (Å²) < 4.78 is 7.53. The molecule has 16 heavy (non-hydrogen) atoms. The van der Waals surface area contributed by atoms with Crippen LogP contribution in [0.4, 0.5) is 0 Å². The van der Waals surface area contributed by atoms with Crippen molar-refractivity contribution in [2.75, 3.05) is 19.0 Å². The molecule has 0 aliphatic rings. The van der Waals surface area contributed by atoms with Crippen LogP contribution in [0.15, 0.2) is 11.4 Å². The minimum atomic E-state index is 0.508. The molecule has 0 N–H and O–H groups in total. The van der Waals surface area contributed by atoms with E-state index in [1.54, 1.807) is 11.8 Å². The van der Waals surface area contributed by atoms with Gasteiger partial charge in [-0.05, 0) is 5.92 Å². The number of alkyl halides is 1. The summed E-state index contributed by atoms with van der Waals surface area (Å²) in [6.07, 6.45) is 1.82. The molecule has 0 aliphatic carbocycles. The molecule has 1 aromatic rings. The zero-order chi connectivity index (χ0) is 12.0. The molecule has 0 bridgehead atoms. The molecule has 0 radical (unpaired) electrons. The number of hydrogen-bond donors (Lipinski definition) is 0. The first kappa shape index (κ1) is 13.9. The molecule has 0 spiro atoms. The molecule has 1 rings (SSSR count). The number of nitrogens with zero attached hydrogens (tertiary/aromatic N) is 2. The predicted octanol–water partition coefficient (Wildman–Crippen LogP) is 2.92. The fourth-order valence-electron chi connectivity index (χ4n) is 1.19. The summed E-state index contributed by atoms with van der Waals surface area (Å²) in [6.45, 7) is 5.90. The lowest BCUT2D eigenvalue weighted by Gasteiger charge is -2.06. The lowest BCUT2D eigenvalue weighted by molar-refractivity contribution is 0.124. The summed E-state index contributed by atoms with van der Waals surface area (Å²) in [4.78, 5) is 4.31. The van der Waals surface area contributed by atoms with Crippen molar-refractivity contribution in [3.05, 3.63) is 11.9 Å². The Kier molecular flexibility index (Phi) is 6.24. The van der Waals surface area contributed by atoms with Gasteiger partial charge in [-0.1, -0.05) is 25.6 Å². The van der Waals surface area contributed by atoms with Crippen LogP contribution in [0.2, 0.25) is 0 Å². The van der Waals surface area contributed by atoms with Gasteiger partial charge in [-0.3, -0.25) is 0 Å². The van der Waals surface area contributed by atoms with Crippen molar-refractivity contribution >= 4 is 23.4 Å². The fraction of sp³-hybridized carbons (Fsp3) is 0.727. The molecule has 0 aromatic carbocycles. The molecule has 0 aliphatic heterocycles. The minimum absolute atomic E-state index is 0.508. The second-order valence-electron chi connectivity index (χ2n) is 4.04. The summed E-state index contributed by atoms with van der Waals surface area (Å²) >= 11 is 7.47. The molecule has 5 heteroatoms. The molecule has 3 nitrogen and oxygen atoms in total. The van der Waals surface area contributed by atoms with Crippen LogP contribution in [0, 0.1) is 5.92 Å². The quantitative estimate of drug-likeness (QED) is 0.430. The van der Waals surface area contributed by atoms with E-state index in [2.05, 4.69) is 18.8 Å². The smallest absolute Gasteiger partial charge is 0.168 e. The van der Waals surface area contributed by atoms with Gasteiger partial charge in [0.25, 0.3) is 0 Å². The zero-order valence-corrected chi connectivity index (χ0v) is 11.6. The molecule has 1 heterocycles. The van der Waals surface area contributed by atoms with E-state index >= 15 is 0 Å². The first-order valence-corrected chi connectivity index (χ1v) is 6.94. The van der Waals surface area contributed by atoms with Crippen molar-refractivity contribution in [1.29, 1.82) is 0 Å². The van der Waals surface area contributed by atoms with Crippen molar-refractivity contribution < 1.29 is 4.74 Å². The molecule has 0 atom stereocenters. The maximum absolute atomic E-state index is 5.77. The van der Waals surface area contributed by atoms with Crippen LogP contribution in [-0.2, 0) is 17.7 Å². The summed E-state index contributed by atoms with van der Waals surface area (Å²) in [7, 11) is 1.99. The van der Waals surface area contributed by atoms with Gasteiger partial charge < -0.3 is 9.30 Å². The number of thioether (sulfide) groups is 1. The molecule has 0 unspecified atom stereocenters. The second-order valence-corrected chi connectivity index (χ2v) is 5.37. The van der Waals surface area contributed by atoms with Gasteiger partial charge in [-0.25, -0.2) is 4.98 Å². The van der Waals surface area contributed by atoms with Gasteiger partial charge >= 0.3 is 0 Å². The maximum atomic E-state index is 5.77. The number of rotatable bonds is 7. The van der Waals surface area contributed by atoms with E-state index in [0.29, 0.717) is 11.8 Å². The largest absolute Gasteiger partial charge is 0.380 e. The van der Waals surface area contributed by atoms with Gasteiger partial charge in [-0.2, -0.15) is 0 Å². The third-order valence-corrected chi connectivity index (χ3v) is 3.37. The Balaban J connectivity index is 2.24. The van der Waals surface area contributed by atoms with Gasteiger partial charge in [0, 0.05) is 19.4 Å². The van der Waals surface area contributed by atoms with E-state index in [9.17, 15) is 0 Å². The van der Waals surface area contributed by atoms with Crippen LogP contribution < -0.4 is 0 Å². The summed E-state index contributed by atoms with van der Waals surface area (Å²) in [6, 6.07) is 0. The molecule has 0 amide bonds. The van der Waals surface area contributed by atoms with Crippen molar-refractivity contribution in [2.45, 2.75) is 24.9 Å². The first-order valence-electron chi connectivity index (χ1n) is 5.42. The molecule has 0 saturated heterocycles. The molecule has 92 valence electrons. The SMILES string of the molecule is CC(C)COCCSc1ncc(CCl)n1C. The average molecular weight is 263 g/mol. The Bertz CT molecular complexity index is 315. The number of imidazole rings is 1. The van der Waals surface area contributed by atoms with E-state index in [1.165, 1.54) is 0 Å². The summed E-state index contributed by atoms with van der Waals surface area (Å²) in [5.41, 5.74) is 1.05. The van der Waals surface area contributed by atoms with Crippen LogP contribution in [-0.4, -0.2) is 28.5 Å². The van der Waals surface area contributed by atoms with Crippen molar-refractivity contribution in [1.82, 2.24) is 9.55 Å². The van der Waals surface area contributed by atoms with Crippen molar-refractivity contribution in [2.24, 2.45) is 13.0 Å². The first-order chi connectivity index (χ1) is 7.65. The Morgan fingerprint density at radius 3 is 2.88 bits per heavy atom. The minimum Gasteiger partial charge on any atom is -0.380 e. The van der Waals surface area contributed by atoms with Crippen LogP contribution in [0.1, 0.15) is 19.5 Å². The van der Waals surface area contributed by atoms with Gasteiger partial charge in [-0.15, -0.1) is 11.6 Å². The third kappa shape index (κ3) is 4.36. The van der Waals surface area contributed by atoms with E-state index in [-0.39, 0.29) is 0 Å². The van der Waals surface area contributed by atoms with E-state index in [0.717, 1.165) is 29.8 Å². The third-order valence-electron chi connectivity index (χ3n) is 2.09. The Hall–Kier alpha value is -0.190. The standard InChI is InChI=1S/C11H19ClN2OS/c1-9(2)8-15-4-5-16-11-13-7-10(6-12)14(11)3/h7,9H,4-6,8H2,1-3H3. The Morgan fingerprint density at radius 1 is 1.56 bits per heavy atom. The molecular formula is C11H19ClN2OS. The predicted molar refractivity (Wildman–Crippen MR) is 69.1 cm³/mol. The van der Waals surface area contributed by atoms with Gasteiger partial charge in [0.2, 0.25) is 0 Å². The molecular weight excluding hydrogens is 244 g/mol.